The molecule has 1 amide bonds. The van der Waals surface area contributed by atoms with Crippen LogP contribution in [0.3, 0.4) is 0 Å². The first-order valence-corrected chi connectivity index (χ1v) is 10.7. The fourth-order valence-corrected chi connectivity index (χ4v) is 3.75. The molecule has 160 valence electrons. The number of ether oxygens (including phenoxy) is 2. The van der Waals surface area contributed by atoms with E-state index in [2.05, 4.69) is 34.5 Å². The minimum absolute atomic E-state index is 0.0687. The molecular formula is C25H32N2O3. The maximum Gasteiger partial charge on any atom is 0.244 e. The molecule has 2 aromatic rings. The van der Waals surface area contributed by atoms with Gasteiger partial charge in [0.25, 0.3) is 0 Å². The second-order valence-electron chi connectivity index (χ2n) is 7.82. The zero-order valence-corrected chi connectivity index (χ0v) is 18.1. The van der Waals surface area contributed by atoms with Crippen LogP contribution < -0.4 is 14.8 Å². The Balaban J connectivity index is 1.62. The lowest BCUT2D eigenvalue weighted by Gasteiger charge is -2.28. The lowest BCUT2D eigenvalue weighted by molar-refractivity contribution is -0.116. The van der Waals surface area contributed by atoms with Crippen LogP contribution in [0.1, 0.15) is 43.9 Å². The maximum atomic E-state index is 12.5. The van der Waals surface area contributed by atoms with Gasteiger partial charge in [0.15, 0.2) is 11.5 Å². The van der Waals surface area contributed by atoms with Gasteiger partial charge in [0, 0.05) is 12.6 Å². The van der Waals surface area contributed by atoms with E-state index >= 15 is 0 Å². The largest absolute Gasteiger partial charge is 0.493 e. The summed E-state index contributed by atoms with van der Waals surface area (Å²) < 4.78 is 11.2. The standard InChI is InChI=1S/C25H32N2O3/c1-19(2)30-23-13-11-20(17-24(23)29-3)12-14-25(28)26-18-22(27-15-7-8-16-27)21-9-5-4-6-10-21/h4-6,9-14,17,19,22H,7-8,15-16,18H2,1-3H3,(H,26,28)/b14-12+. The van der Waals surface area contributed by atoms with Gasteiger partial charge in [-0.2, -0.15) is 0 Å². The van der Waals surface area contributed by atoms with Gasteiger partial charge in [-0.3, -0.25) is 9.69 Å². The van der Waals surface area contributed by atoms with Gasteiger partial charge in [0.2, 0.25) is 5.91 Å². The Bertz CT molecular complexity index is 843. The monoisotopic (exact) mass is 408 g/mol. The number of nitrogens with one attached hydrogen (secondary N) is 1. The maximum absolute atomic E-state index is 12.5. The van der Waals surface area contributed by atoms with Crippen LogP contribution in [-0.2, 0) is 4.79 Å². The number of carbonyl (C=O) groups is 1. The molecule has 30 heavy (non-hydrogen) atoms. The van der Waals surface area contributed by atoms with E-state index in [0.29, 0.717) is 18.0 Å². The van der Waals surface area contributed by atoms with Gasteiger partial charge in [-0.15, -0.1) is 0 Å². The number of methoxy groups -OCH3 is 1. The van der Waals surface area contributed by atoms with Gasteiger partial charge in [-0.05, 0) is 69.1 Å². The Morgan fingerprint density at radius 1 is 1.10 bits per heavy atom. The Labute approximate surface area is 179 Å². The second-order valence-corrected chi connectivity index (χ2v) is 7.82. The summed E-state index contributed by atoms with van der Waals surface area (Å²) in [4.78, 5) is 14.9. The van der Waals surface area contributed by atoms with Crippen molar-refractivity contribution in [1.82, 2.24) is 10.2 Å². The SMILES string of the molecule is COc1cc(/C=C/C(=O)NCC(c2ccccc2)N2CCCC2)ccc1OC(C)C. The number of nitrogens with zero attached hydrogens (tertiary/aromatic N) is 1. The molecule has 0 radical (unpaired) electrons. The van der Waals surface area contributed by atoms with E-state index in [0.717, 1.165) is 18.7 Å². The molecule has 3 rings (SSSR count). The third kappa shape index (κ3) is 6.10. The lowest BCUT2D eigenvalue weighted by atomic mass is 10.1. The average Bonchev–Trinajstić information content (AvgIpc) is 3.28. The zero-order chi connectivity index (χ0) is 21.3. The van der Waals surface area contributed by atoms with Crippen molar-refractivity contribution in [2.75, 3.05) is 26.7 Å². The summed E-state index contributed by atoms with van der Waals surface area (Å²) in [5.74, 6) is 1.26. The van der Waals surface area contributed by atoms with Crippen LogP contribution in [0.25, 0.3) is 6.08 Å². The zero-order valence-electron chi connectivity index (χ0n) is 18.1. The highest BCUT2D eigenvalue weighted by molar-refractivity contribution is 5.91. The summed E-state index contributed by atoms with van der Waals surface area (Å²) in [5.41, 5.74) is 2.13. The van der Waals surface area contributed by atoms with Crippen molar-refractivity contribution in [1.29, 1.82) is 0 Å². The van der Waals surface area contributed by atoms with Crippen LogP contribution >= 0.6 is 0 Å². The predicted octanol–water partition coefficient (Wildman–Crippen LogP) is 4.45. The van der Waals surface area contributed by atoms with E-state index in [1.807, 2.05) is 38.1 Å². The molecule has 1 unspecified atom stereocenters. The van der Waals surface area contributed by atoms with Gasteiger partial charge >= 0.3 is 0 Å². The summed E-state index contributed by atoms with van der Waals surface area (Å²) in [6.45, 7) is 6.70. The normalized spacial score (nSPS) is 15.5. The Hall–Kier alpha value is -2.79. The van der Waals surface area contributed by atoms with Gasteiger partial charge in [-0.1, -0.05) is 36.4 Å². The number of rotatable bonds is 9. The molecule has 0 aromatic heterocycles. The van der Waals surface area contributed by atoms with Gasteiger partial charge < -0.3 is 14.8 Å². The molecule has 0 aliphatic carbocycles. The van der Waals surface area contributed by atoms with Crippen LogP contribution in [0, 0.1) is 0 Å². The molecule has 1 aliphatic heterocycles. The predicted molar refractivity (Wildman–Crippen MR) is 121 cm³/mol. The first-order valence-electron chi connectivity index (χ1n) is 10.7. The van der Waals surface area contributed by atoms with E-state index < -0.39 is 0 Å². The molecule has 1 aliphatic rings. The summed E-state index contributed by atoms with van der Waals surface area (Å²) in [6.07, 6.45) is 5.87. The number of hydrogen-bond acceptors (Lipinski definition) is 4. The lowest BCUT2D eigenvalue weighted by Crippen LogP contribution is -2.36. The fraction of sp³-hybridized carbons (Fsp3) is 0.400. The van der Waals surface area contributed by atoms with Gasteiger partial charge in [-0.25, -0.2) is 0 Å². The minimum Gasteiger partial charge on any atom is -0.493 e. The number of likely N-dealkylation sites (tertiary alicyclic amines) is 1. The second kappa shape index (κ2) is 10.8. The number of benzene rings is 2. The van der Waals surface area contributed by atoms with Crippen molar-refractivity contribution < 1.29 is 14.3 Å². The molecule has 1 heterocycles. The van der Waals surface area contributed by atoms with Crippen molar-refractivity contribution in [3.8, 4) is 11.5 Å². The smallest absolute Gasteiger partial charge is 0.244 e. The molecule has 1 N–H and O–H groups in total. The molecule has 1 saturated heterocycles. The summed E-state index contributed by atoms with van der Waals surface area (Å²) in [7, 11) is 1.62. The average molecular weight is 409 g/mol. The highest BCUT2D eigenvalue weighted by atomic mass is 16.5. The molecular weight excluding hydrogens is 376 g/mol. The van der Waals surface area contributed by atoms with Crippen molar-refractivity contribution >= 4 is 12.0 Å². The molecule has 1 fully saturated rings. The molecule has 5 heteroatoms. The van der Waals surface area contributed by atoms with Crippen molar-refractivity contribution in [2.45, 2.75) is 38.8 Å². The highest BCUT2D eigenvalue weighted by Crippen LogP contribution is 2.29. The fourth-order valence-electron chi connectivity index (χ4n) is 3.75. The third-order valence-corrected chi connectivity index (χ3v) is 5.21. The first kappa shape index (κ1) is 21.9. The Morgan fingerprint density at radius 2 is 1.83 bits per heavy atom. The van der Waals surface area contributed by atoms with E-state index in [4.69, 9.17) is 9.47 Å². The molecule has 0 spiro atoms. The third-order valence-electron chi connectivity index (χ3n) is 5.21. The molecule has 5 nitrogen and oxygen atoms in total. The Kier molecular flexibility index (Phi) is 7.91. The van der Waals surface area contributed by atoms with Crippen LogP contribution in [0.5, 0.6) is 11.5 Å². The first-order chi connectivity index (χ1) is 14.6. The molecule has 2 aromatic carbocycles. The van der Waals surface area contributed by atoms with Crippen LogP contribution in [0.15, 0.2) is 54.6 Å². The van der Waals surface area contributed by atoms with Gasteiger partial charge in [0.05, 0.1) is 19.3 Å². The quantitative estimate of drug-likeness (QED) is 0.623. The summed E-state index contributed by atoms with van der Waals surface area (Å²) in [5, 5.41) is 3.07. The molecule has 0 bridgehead atoms. The Morgan fingerprint density at radius 3 is 2.50 bits per heavy atom. The number of hydrogen-bond donors (Lipinski definition) is 1. The van der Waals surface area contributed by atoms with Gasteiger partial charge in [0.1, 0.15) is 0 Å². The topological polar surface area (TPSA) is 50.8 Å². The summed E-state index contributed by atoms with van der Waals surface area (Å²) >= 11 is 0. The van der Waals surface area contributed by atoms with E-state index in [1.165, 1.54) is 18.4 Å². The van der Waals surface area contributed by atoms with Crippen molar-refractivity contribution in [2.24, 2.45) is 0 Å². The van der Waals surface area contributed by atoms with Crippen LogP contribution in [0.2, 0.25) is 0 Å². The van der Waals surface area contributed by atoms with E-state index in [9.17, 15) is 4.79 Å². The van der Waals surface area contributed by atoms with Crippen LogP contribution in [-0.4, -0.2) is 43.7 Å². The molecule has 0 saturated carbocycles. The molecule has 1 atom stereocenters. The van der Waals surface area contributed by atoms with E-state index in [-0.39, 0.29) is 18.1 Å². The van der Waals surface area contributed by atoms with E-state index in [1.54, 1.807) is 19.3 Å². The van der Waals surface area contributed by atoms with Crippen LogP contribution in [0.4, 0.5) is 0 Å². The summed E-state index contributed by atoms with van der Waals surface area (Å²) in [6, 6.07) is 16.3. The van der Waals surface area contributed by atoms with Crippen molar-refractivity contribution in [3.63, 3.8) is 0 Å². The number of carbonyl (C=O) groups excluding carboxylic acids is 1. The minimum atomic E-state index is -0.100. The van der Waals surface area contributed by atoms with Crippen molar-refractivity contribution in [3.05, 3.63) is 65.7 Å². The highest BCUT2D eigenvalue weighted by Gasteiger charge is 2.23. The number of amides is 1.